The Labute approximate surface area is 216 Å². The number of hydrogen-bond donors (Lipinski definition) is 2. The zero-order valence-corrected chi connectivity index (χ0v) is 21.0. The SMILES string of the molecule is COc1ccc(NS(=O)(=O)c2cccc(N=C3C=C(c4ccccc4)[C@](O)(c4ccccc4)C3)c2)cc1. The van der Waals surface area contributed by atoms with Crippen molar-refractivity contribution in [3.63, 3.8) is 0 Å². The van der Waals surface area contributed by atoms with Crippen molar-refractivity contribution in [3.8, 4) is 5.75 Å². The van der Waals surface area contributed by atoms with Crippen LogP contribution in [-0.4, -0.2) is 26.3 Å². The summed E-state index contributed by atoms with van der Waals surface area (Å²) in [5, 5.41) is 11.8. The molecule has 186 valence electrons. The second-order valence-corrected chi connectivity index (χ2v) is 10.4. The molecule has 0 spiro atoms. The highest BCUT2D eigenvalue weighted by molar-refractivity contribution is 7.92. The number of allylic oxidation sites excluding steroid dienone is 1. The molecule has 0 radical (unpaired) electrons. The van der Waals surface area contributed by atoms with Crippen molar-refractivity contribution < 1.29 is 18.3 Å². The Bertz CT molecular complexity index is 1570. The van der Waals surface area contributed by atoms with E-state index in [-0.39, 0.29) is 11.3 Å². The molecule has 1 aliphatic rings. The average Bonchev–Trinajstić information content (AvgIpc) is 3.27. The molecule has 0 fully saturated rings. The van der Waals surface area contributed by atoms with Gasteiger partial charge >= 0.3 is 0 Å². The molecule has 6 nitrogen and oxygen atoms in total. The van der Waals surface area contributed by atoms with E-state index in [1.165, 1.54) is 12.1 Å². The van der Waals surface area contributed by atoms with Crippen LogP contribution in [0.5, 0.6) is 5.75 Å². The Morgan fingerprint density at radius 2 is 1.54 bits per heavy atom. The predicted molar refractivity (Wildman–Crippen MR) is 147 cm³/mol. The molecule has 4 aromatic rings. The van der Waals surface area contributed by atoms with Crippen molar-refractivity contribution in [2.75, 3.05) is 11.8 Å². The largest absolute Gasteiger partial charge is 0.497 e. The average molecular weight is 511 g/mol. The first-order valence-electron chi connectivity index (χ1n) is 11.8. The van der Waals surface area contributed by atoms with Crippen LogP contribution in [0.25, 0.3) is 5.57 Å². The molecule has 0 saturated carbocycles. The molecular weight excluding hydrogens is 484 g/mol. The first-order valence-corrected chi connectivity index (χ1v) is 13.3. The number of anilines is 1. The molecule has 0 amide bonds. The summed E-state index contributed by atoms with van der Waals surface area (Å²) in [6.45, 7) is 0. The smallest absolute Gasteiger partial charge is 0.261 e. The highest BCUT2D eigenvalue weighted by Crippen LogP contribution is 2.44. The van der Waals surface area contributed by atoms with Gasteiger partial charge in [-0.15, -0.1) is 0 Å². The van der Waals surface area contributed by atoms with Gasteiger partial charge in [0.15, 0.2) is 0 Å². The number of nitrogens with one attached hydrogen (secondary N) is 1. The highest BCUT2D eigenvalue weighted by atomic mass is 32.2. The van der Waals surface area contributed by atoms with Gasteiger partial charge in [-0.25, -0.2) is 8.42 Å². The number of hydrogen-bond acceptors (Lipinski definition) is 5. The summed E-state index contributed by atoms with van der Waals surface area (Å²) >= 11 is 0. The topological polar surface area (TPSA) is 88.0 Å². The summed E-state index contributed by atoms with van der Waals surface area (Å²) in [6.07, 6.45) is 2.15. The Morgan fingerprint density at radius 3 is 2.22 bits per heavy atom. The van der Waals surface area contributed by atoms with Gasteiger partial charge < -0.3 is 9.84 Å². The van der Waals surface area contributed by atoms with Crippen molar-refractivity contribution >= 4 is 32.7 Å². The molecule has 2 N–H and O–H groups in total. The Hall–Kier alpha value is -4.20. The lowest BCUT2D eigenvalue weighted by molar-refractivity contribution is 0.113. The van der Waals surface area contributed by atoms with Crippen molar-refractivity contribution in [1.82, 2.24) is 0 Å². The minimum absolute atomic E-state index is 0.0914. The Balaban J connectivity index is 1.47. The lowest BCUT2D eigenvalue weighted by atomic mass is 9.84. The number of benzene rings is 4. The van der Waals surface area contributed by atoms with Gasteiger partial charge in [0.25, 0.3) is 10.0 Å². The molecule has 1 aliphatic carbocycles. The summed E-state index contributed by atoms with van der Waals surface area (Å²) in [5.41, 5.74) is 2.74. The molecule has 0 aromatic heterocycles. The number of sulfonamides is 1. The van der Waals surface area contributed by atoms with E-state index < -0.39 is 15.6 Å². The van der Waals surface area contributed by atoms with Crippen LogP contribution in [-0.2, 0) is 15.6 Å². The van der Waals surface area contributed by atoms with Crippen molar-refractivity contribution in [1.29, 1.82) is 0 Å². The molecular formula is C30H26N2O4S. The fraction of sp³-hybridized carbons (Fsp3) is 0.100. The fourth-order valence-electron chi connectivity index (χ4n) is 4.44. The van der Waals surface area contributed by atoms with E-state index in [9.17, 15) is 13.5 Å². The first-order chi connectivity index (χ1) is 17.9. The van der Waals surface area contributed by atoms with Gasteiger partial charge in [-0.3, -0.25) is 9.71 Å². The predicted octanol–water partition coefficient (Wildman–Crippen LogP) is 5.94. The van der Waals surface area contributed by atoms with E-state index in [2.05, 4.69) is 4.72 Å². The number of aliphatic imine (C=N–C) groups is 1. The van der Waals surface area contributed by atoms with E-state index in [0.29, 0.717) is 22.8 Å². The van der Waals surface area contributed by atoms with Crippen LogP contribution in [0.2, 0.25) is 0 Å². The molecule has 0 unspecified atom stereocenters. The van der Waals surface area contributed by atoms with Gasteiger partial charge in [-0.05, 0) is 65.2 Å². The molecule has 5 rings (SSSR count). The van der Waals surface area contributed by atoms with Crippen LogP contribution in [0.1, 0.15) is 17.5 Å². The van der Waals surface area contributed by atoms with Crippen LogP contribution in [0.4, 0.5) is 11.4 Å². The summed E-state index contributed by atoms with van der Waals surface area (Å²) in [6, 6.07) is 32.3. The molecule has 0 saturated heterocycles. The van der Waals surface area contributed by atoms with Crippen LogP contribution in [0.15, 0.2) is 125 Å². The first kappa shape index (κ1) is 24.5. The molecule has 7 heteroatoms. The van der Waals surface area contributed by atoms with E-state index in [0.717, 1.165) is 16.7 Å². The summed E-state index contributed by atoms with van der Waals surface area (Å²) < 4.78 is 33.8. The zero-order valence-electron chi connectivity index (χ0n) is 20.2. The van der Waals surface area contributed by atoms with E-state index in [4.69, 9.17) is 9.73 Å². The normalized spacial score (nSPS) is 18.4. The number of methoxy groups -OCH3 is 1. The highest BCUT2D eigenvalue weighted by Gasteiger charge is 2.40. The van der Waals surface area contributed by atoms with E-state index in [1.807, 2.05) is 66.7 Å². The molecule has 37 heavy (non-hydrogen) atoms. The van der Waals surface area contributed by atoms with Crippen LogP contribution in [0.3, 0.4) is 0 Å². The van der Waals surface area contributed by atoms with Crippen LogP contribution < -0.4 is 9.46 Å². The molecule has 0 heterocycles. The molecule has 0 bridgehead atoms. The number of ether oxygens (including phenoxy) is 1. The minimum Gasteiger partial charge on any atom is -0.497 e. The number of aliphatic hydroxyl groups is 1. The molecule has 4 aromatic carbocycles. The Morgan fingerprint density at radius 1 is 0.865 bits per heavy atom. The second-order valence-electron chi connectivity index (χ2n) is 8.76. The molecule has 0 aliphatic heterocycles. The van der Waals surface area contributed by atoms with Crippen LogP contribution in [0, 0.1) is 0 Å². The monoisotopic (exact) mass is 510 g/mol. The maximum atomic E-state index is 13.0. The third-order valence-electron chi connectivity index (χ3n) is 6.27. The molecule has 1 atom stereocenters. The van der Waals surface area contributed by atoms with Gasteiger partial charge in [0.05, 0.1) is 17.7 Å². The summed E-state index contributed by atoms with van der Waals surface area (Å²) in [4.78, 5) is 4.82. The van der Waals surface area contributed by atoms with Crippen LogP contribution >= 0.6 is 0 Å². The standard InChI is InChI=1S/C30H26N2O4S/c1-36-27-17-15-24(16-18-27)32-37(34,35)28-14-8-13-25(19-28)31-26-20-29(22-9-4-2-5-10-22)30(33,21-26)23-11-6-3-7-12-23/h2-20,32-33H,21H2,1H3/t30-/m1/s1. The van der Waals surface area contributed by atoms with Gasteiger partial charge in [0.2, 0.25) is 0 Å². The third-order valence-corrected chi connectivity index (χ3v) is 7.65. The lowest BCUT2D eigenvalue weighted by Crippen LogP contribution is -2.25. The van der Waals surface area contributed by atoms with E-state index >= 15 is 0 Å². The number of nitrogens with zero attached hydrogens (tertiary/aromatic N) is 1. The summed E-state index contributed by atoms with van der Waals surface area (Å²) in [5.74, 6) is 0.635. The minimum atomic E-state index is -3.83. The fourth-order valence-corrected chi connectivity index (χ4v) is 5.53. The van der Waals surface area contributed by atoms with Crippen molar-refractivity contribution in [3.05, 3.63) is 126 Å². The van der Waals surface area contributed by atoms with E-state index in [1.54, 1.807) is 43.5 Å². The Kier molecular flexibility index (Phi) is 6.65. The van der Waals surface area contributed by atoms with Gasteiger partial charge in [-0.2, -0.15) is 0 Å². The number of rotatable bonds is 7. The van der Waals surface area contributed by atoms with Gasteiger partial charge in [0.1, 0.15) is 11.4 Å². The third kappa shape index (κ3) is 5.18. The van der Waals surface area contributed by atoms with Crippen molar-refractivity contribution in [2.45, 2.75) is 16.9 Å². The van der Waals surface area contributed by atoms with Gasteiger partial charge in [0, 0.05) is 17.8 Å². The summed E-state index contributed by atoms with van der Waals surface area (Å²) in [7, 11) is -2.28. The lowest BCUT2D eigenvalue weighted by Gasteiger charge is -2.27. The zero-order chi connectivity index (χ0) is 25.9. The maximum absolute atomic E-state index is 13.0. The quantitative estimate of drug-likeness (QED) is 0.322. The maximum Gasteiger partial charge on any atom is 0.261 e. The van der Waals surface area contributed by atoms with Gasteiger partial charge in [-0.1, -0.05) is 66.7 Å². The second kappa shape index (κ2) is 10.0. The van der Waals surface area contributed by atoms with Crippen molar-refractivity contribution in [2.24, 2.45) is 4.99 Å².